The van der Waals surface area contributed by atoms with Crippen LogP contribution in [0.3, 0.4) is 0 Å². The maximum Gasteiger partial charge on any atom is 0.323 e. The minimum Gasteiger partial charge on any atom is -0.459 e. The average molecular weight is 307 g/mol. The highest BCUT2D eigenvalue weighted by Gasteiger charge is 2.40. The van der Waals surface area contributed by atoms with E-state index in [1.165, 1.54) is 12.8 Å². The molecule has 1 aromatic heterocycles. The Balaban J connectivity index is 2.04. The van der Waals surface area contributed by atoms with Crippen molar-refractivity contribution in [3.63, 3.8) is 0 Å². The van der Waals surface area contributed by atoms with E-state index in [1.807, 2.05) is 27.0 Å². The number of ether oxygens (including phenoxy) is 1. The molecular weight excluding hydrogens is 278 g/mol. The summed E-state index contributed by atoms with van der Waals surface area (Å²) in [7, 11) is 0. The van der Waals surface area contributed by atoms with Gasteiger partial charge in [-0.2, -0.15) is 0 Å². The number of carbonyl (C=O) groups is 1. The van der Waals surface area contributed by atoms with E-state index in [0.717, 1.165) is 31.8 Å². The van der Waals surface area contributed by atoms with Crippen molar-refractivity contribution in [3.05, 3.63) is 18.2 Å². The fourth-order valence-corrected chi connectivity index (χ4v) is 3.03. The number of nitrogens with zero attached hydrogens (tertiary/aromatic N) is 2. The van der Waals surface area contributed by atoms with E-state index in [2.05, 4.69) is 21.8 Å². The Bertz CT molecular complexity index is 465. The molecule has 22 heavy (non-hydrogen) atoms. The number of aromatic nitrogens is 2. The molecule has 0 amide bonds. The molecular formula is C17H29N3O2. The number of likely N-dealkylation sites (tertiary alicyclic amines) is 1. The first-order valence-corrected chi connectivity index (χ1v) is 8.37. The zero-order valence-electron chi connectivity index (χ0n) is 14.3. The molecule has 1 aromatic rings. The van der Waals surface area contributed by atoms with Crippen molar-refractivity contribution in [1.29, 1.82) is 0 Å². The molecule has 5 heteroatoms. The van der Waals surface area contributed by atoms with Gasteiger partial charge in [0, 0.05) is 24.9 Å². The minimum atomic E-state index is -0.436. The first-order valence-electron chi connectivity index (χ1n) is 8.37. The topological polar surface area (TPSA) is 58.2 Å². The van der Waals surface area contributed by atoms with Gasteiger partial charge < -0.3 is 9.72 Å². The van der Waals surface area contributed by atoms with E-state index < -0.39 is 5.60 Å². The molecule has 2 rings (SSSR count). The molecule has 0 bridgehead atoms. The van der Waals surface area contributed by atoms with Crippen LogP contribution in [0.4, 0.5) is 0 Å². The van der Waals surface area contributed by atoms with E-state index in [-0.39, 0.29) is 17.9 Å². The van der Waals surface area contributed by atoms with Gasteiger partial charge in [-0.05, 0) is 40.2 Å². The molecule has 0 radical (unpaired) electrons. The molecule has 1 saturated heterocycles. The number of nitrogens with one attached hydrogen (secondary N) is 1. The number of imidazole rings is 1. The lowest BCUT2D eigenvalue weighted by Crippen LogP contribution is -2.40. The maximum atomic E-state index is 12.5. The van der Waals surface area contributed by atoms with Crippen molar-refractivity contribution in [2.75, 3.05) is 13.1 Å². The predicted molar refractivity (Wildman–Crippen MR) is 86.7 cm³/mol. The van der Waals surface area contributed by atoms with Gasteiger partial charge in [0.25, 0.3) is 0 Å². The number of unbranched alkanes of at least 4 members (excludes halogenated alkanes) is 2. The Hall–Kier alpha value is -1.36. The van der Waals surface area contributed by atoms with E-state index in [4.69, 9.17) is 4.74 Å². The first kappa shape index (κ1) is 17.0. The van der Waals surface area contributed by atoms with E-state index in [1.54, 1.807) is 6.20 Å². The van der Waals surface area contributed by atoms with Gasteiger partial charge in [-0.15, -0.1) is 0 Å². The van der Waals surface area contributed by atoms with Gasteiger partial charge in [-0.25, -0.2) is 4.98 Å². The van der Waals surface area contributed by atoms with Crippen LogP contribution in [-0.4, -0.2) is 45.6 Å². The third-order valence-corrected chi connectivity index (χ3v) is 4.04. The SMILES string of the molecule is CCCCCN1CC(c2ncc[nH]2)CC1C(=O)OC(C)(C)C. The molecule has 1 N–H and O–H groups in total. The number of hydrogen-bond donors (Lipinski definition) is 1. The van der Waals surface area contributed by atoms with Crippen LogP contribution in [0.25, 0.3) is 0 Å². The van der Waals surface area contributed by atoms with Crippen molar-refractivity contribution in [2.24, 2.45) is 0 Å². The largest absolute Gasteiger partial charge is 0.459 e. The van der Waals surface area contributed by atoms with E-state index >= 15 is 0 Å². The van der Waals surface area contributed by atoms with Gasteiger partial charge in [0.05, 0.1) is 0 Å². The number of hydrogen-bond acceptors (Lipinski definition) is 4. The van der Waals surface area contributed by atoms with Gasteiger partial charge in [0.1, 0.15) is 17.5 Å². The Morgan fingerprint density at radius 3 is 2.82 bits per heavy atom. The summed E-state index contributed by atoms with van der Waals surface area (Å²) in [5.41, 5.74) is -0.436. The normalized spacial score (nSPS) is 22.9. The number of H-pyrrole nitrogens is 1. The fourth-order valence-electron chi connectivity index (χ4n) is 3.03. The van der Waals surface area contributed by atoms with Gasteiger partial charge in [0.2, 0.25) is 0 Å². The van der Waals surface area contributed by atoms with Crippen molar-refractivity contribution in [3.8, 4) is 0 Å². The fraction of sp³-hybridized carbons (Fsp3) is 0.765. The van der Waals surface area contributed by atoms with Crippen molar-refractivity contribution in [2.45, 2.75) is 70.9 Å². The summed E-state index contributed by atoms with van der Waals surface area (Å²) in [5.74, 6) is 1.17. The van der Waals surface area contributed by atoms with Crippen LogP contribution < -0.4 is 0 Å². The van der Waals surface area contributed by atoms with Crippen molar-refractivity contribution >= 4 is 5.97 Å². The van der Waals surface area contributed by atoms with Gasteiger partial charge in [-0.1, -0.05) is 19.8 Å². The van der Waals surface area contributed by atoms with Crippen LogP contribution in [0.1, 0.15) is 65.1 Å². The summed E-state index contributed by atoms with van der Waals surface area (Å²) >= 11 is 0. The van der Waals surface area contributed by atoms with Crippen LogP contribution in [0, 0.1) is 0 Å². The zero-order chi connectivity index (χ0) is 16.2. The van der Waals surface area contributed by atoms with Crippen LogP contribution >= 0.6 is 0 Å². The highest BCUT2D eigenvalue weighted by atomic mass is 16.6. The highest BCUT2D eigenvalue weighted by Crippen LogP contribution is 2.31. The molecule has 124 valence electrons. The Morgan fingerprint density at radius 1 is 1.45 bits per heavy atom. The Labute approximate surface area is 133 Å². The third-order valence-electron chi connectivity index (χ3n) is 4.04. The highest BCUT2D eigenvalue weighted by molar-refractivity contribution is 5.76. The summed E-state index contributed by atoms with van der Waals surface area (Å²) in [4.78, 5) is 22.3. The summed E-state index contributed by atoms with van der Waals surface area (Å²) in [6.07, 6.45) is 7.92. The van der Waals surface area contributed by atoms with Crippen molar-refractivity contribution < 1.29 is 9.53 Å². The molecule has 0 saturated carbocycles. The second-order valence-corrected chi connectivity index (χ2v) is 7.16. The average Bonchev–Trinajstić information content (AvgIpc) is 3.05. The summed E-state index contributed by atoms with van der Waals surface area (Å²) < 4.78 is 5.61. The maximum absolute atomic E-state index is 12.5. The Kier molecular flexibility index (Phi) is 5.62. The Morgan fingerprint density at radius 2 is 2.23 bits per heavy atom. The van der Waals surface area contributed by atoms with Crippen LogP contribution in [0.5, 0.6) is 0 Å². The molecule has 2 unspecified atom stereocenters. The first-order chi connectivity index (χ1) is 10.4. The van der Waals surface area contributed by atoms with Crippen LogP contribution in [0.2, 0.25) is 0 Å². The molecule has 2 heterocycles. The second kappa shape index (κ2) is 7.27. The molecule has 5 nitrogen and oxygen atoms in total. The molecule has 0 aliphatic carbocycles. The van der Waals surface area contributed by atoms with Crippen LogP contribution in [-0.2, 0) is 9.53 Å². The summed E-state index contributed by atoms with van der Waals surface area (Å²) in [5, 5.41) is 0. The number of aromatic amines is 1. The molecule has 1 aliphatic heterocycles. The number of carbonyl (C=O) groups excluding carboxylic acids is 1. The second-order valence-electron chi connectivity index (χ2n) is 7.16. The van der Waals surface area contributed by atoms with Gasteiger partial charge in [-0.3, -0.25) is 9.69 Å². The van der Waals surface area contributed by atoms with Gasteiger partial charge in [0.15, 0.2) is 0 Å². The third kappa shape index (κ3) is 4.57. The number of rotatable bonds is 6. The molecule has 2 atom stereocenters. The molecule has 0 spiro atoms. The van der Waals surface area contributed by atoms with E-state index in [9.17, 15) is 4.79 Å². The van der Waals surface area contributed by atoms with Gasteiger partial charge >= 0.3 is 5.97 Å². The predicted octanol–water partition coefficient (Wildman–Crippen LogP) is 3.10. The van der Waals surface area contributed by atoms with E-state index in [0.29, 0.717) is 0 Å². The van der Waals surface area contributed by atoms with Crippen LogP contribution in [0.15, 0.2) is 12.4 Å². The quantitative estimate of drug-likeness (QED) is 0.648. The zero-order valence-corrected chi connectivity index (χ0v) is 14.3. The summed E-state index contributed by atoms with van der Waals surface area (Å²) in [6, 6.07) is -0.147. The summed E-state index contributed by atoms with van der Waals surface area (Å²) in [6.45, 7) is 9.79. The lowest BCUT2D eigenvalue weighted by Gasteiger charge is -2.27. The minimum absolute atomic E-state index is 0.0990. The number of esters is 1. The standard InChI is InChI=1S/C17H29N3O2/c1-5-6-7-10-20-12-13(15-18-8-9-19-15)11-14(20)16(21)22-17(2,3)4/h8-9,13-14H,5-7,10-12H2,1-4H3,(H,18,19). The lowest BCUT2D eigenvalue weighted by molar-refractivity contribution is -0.160. The lowest BCUT2D eigenvalue weighted by atomic mass is 10.0. The molecule has 1 aliphatic rings. The smallest absolute Gasteiger partial charge is 0.323 e. The van der Waals surface area contributed by atoms with Crippen molar-refractivity contribution in [1.82, 2.24) is 14.9 Å². The molecule has 0 aromatic carbocycles. The monoisotopic (exact) mass is 307 g/mol. The molecule has 1 fully saturated rings.